The summed E-state index contributed by atoms with van der Waals surface area (Å²) in [5.41, 5.74) is 8.16. The highest BCUT2D eigenvalue weighted by Crippen LogP contribution is 2.54. The number of hydrogen-bond acceptors (Lipinski definition) is 4. The monoisotopic (exact) mass is 585 g/mol. The molecular formula is C40H43NO3. The molecule has 0 spiro atoms. The smallest absolute Gasteiger partial charge is 0.318 e. The van der Waals surface area contributed by atoms with Gasteiger partial charge in [-0.25, -0.2) is 4.79 Å². The third-order valence-electron chi connectivity index (χ3n) is 9.89. The second-order valence-electron chi connectivity index (χ2n) is 12.8. The lowest BCUT2D eigenvalue weighted by Gasteiger charge is -2.32. The van der Waals surface area contributed by atoms with Crippen molar-refractivity contribution in [3.05, 3.63) is 107 Å². The molecule has 0 atom stereocenters. The van der Waals surface area contributed by atoms with E-state index in [0.717, 1.165) is 71.7 Å². The Balaban J connectivity index is 1.43. The highest BCUT2D eigenvalue weighted by atomic mass is 16.7. The first-order chi connectivity index (χ1) is 21.4. The molecule has 6 rings (SSSR count). The molecule has 0 aromatic heterocycles. The van der Waals surface area contributed by atoms with Crippen LogP contribution < -0.4 is 0 Å². The fraction of sp³-hybridized carbons (Fsp3) is 0.375. The molecular weight excluding hydrogens is 542 g/mol. The van der Waals surface area contributed by atoms with Gasteiger partial charge in [0.2, 0.25) is 0 Å². The van der Waals surface area contributed by atoms with Gasteiger partial charge in [0.1, 0.15) is 0 Å². The molecule has 0 unspecified atom stereocenters. The Kier molecular flexibility index (Phi) is 8.79. The van der Waals surface area contributed by atoms with Crippen molar-refractivity contribution < 1.29 is 14.4 Å². The quantitative estimate of drug-likeness (QED) is 0.0761. The molecule has 4 aromatic carbocycles. The Labute approximate surface area is 261 Å². The molecule has 2 aliphatic carbocycles. The maximum Gasteiger partial charge on any atom is 0.331 e. The van der Waals surface area contributed by atoms with Crippen LogP contribution in [0.5, 0.6) is 0 Å². The van der Waals surface area contributed by atoms with Gasteiger partial charge in [-0.2, -0.15) is 0 Å². The topological polar surface area (TPSA) is 55.7 Å². The standard InChI is InChI=1S/C40H43NO3/c1-4-23-40(24-5-2)36-25-30(38(41-44-27(3)42)22-17-28-11-6-7-12-28)18-20-33(36)34-21-19-31(26-37(34)40)39(43)35-16-10-14-29-13-8-9-15-32(29)35/h8-10,13-16,18-21,25-26,28H,4-7,11-12,17,22-24H2,1-3H3/b41-38-. The number of carbonyl (C=O) groups is 2. The second-order valence-corrected chi connectivity index (χ2v) is 12.8. The van der Waals surface area contributed by atoms with E-state index in [0.29, 0.717) is 5.92 Å². The van der Waals surface area contributed by atoms with Gasteiger partial charge in [0.05, 0.1) is 5.71 Å². The van der Waals surface area contributed by atoms with Gasteiger partial charge in [-0.05, 0) is 82.3 Å². The number of oxime groups is 1. The average molecular weight is 586 g/mol. The van der Waals surface area contributed by atoms with Gasteiger partial charge in [-0.15, -0.1) is 0 Å². The lowest BCUT2D eigenvalue weighted by Crippen LogP contribution is -2.25. The molecule has 44 heavy (non-hydrogen) atoms. The molecule has 4 heteroatoms. The second kappa shape index (κ2) is 12.9. The minimum absolute atomic E-state index is 0.0610. The van der Waals surface area contributed by atoms with E-state index in [-0.39, 0.29) is 11.2 Å². The van der Waals surface area contributed by atoms with Crippen LogP contribution in [-0.2, 0) is 15.0 Å². The van der Waals surface area contributed by atoms with Crippen LogP contribution in [-0.4, -0.2) is 17.5 Å². The van der Waals surface area contributed by atoms with Gasteiger partial charge in [-0.3, -0.25) is 4.79 Å². The highest BCUT2D eigenvalue weighted by molar-refractivity contribution is 6.16. The lowest BCUT2D eigenvalue weighted by molar-refractivity contribution is -0.140. The Morgan fingerprint density at radius 1 is 0.818 bits per heavy atom. The van der Waals surface area contributed by atoms with E-state index in [4.69, 9.17) is 4.84 Å². The van der Waals surface area contributed by atoms with Crippen molar-refractivity contribution in [2.75, 3.05) is 0 Å². The Hall–Kier alpha value is -4.05. The summed E-state index contributed by atoms with van der Waals surface area (Å²) in [6, 6.07) is 27.1. The summed E-state index contributed by atoms with van der Waals surface area (Å²) >= 11 is 0. The number of nitrogens with zero attached hydrogens (tertiary/aromatic N) is 1. The summed E-state index contributed by atoms with van der Waals surface area (Å²) in [7, 11) is 0. The van der Waals surface area contributed by atoms with Gasteiger partial charge in [0.25, 0.3) is 0 Å². The minimum atomic E-state index is -0.397. The Morgan fingerprint density at radius 3 is 2.14 bits per heavy atom. The van der Waals surface area contributed by atoms with Gasteiger partial charge < -0.3 is 4.84 Å². The first kappa shape index (κ1) is 30.0. The number of hydrogen-bond donors (Lipinski definition) is 0. The lowest BCUT2D eigenvalue weighted by atomic mass is 9.71. The maximum absolute atomic E-state index is 14.1. The molecule has 0 heterocycles. The van der Waals surface area contributed by atoms with Crippen LogP contribution in [0.25, 0.3) is 21.9 Å². The fourth-order valence-electron chi connectivity index (χ4n) is 7.91. The summed E-state index contributed by atoms with van der Waals surface area (Å²) in [6.45, 7) is 5.90. The van der Waals surface area contributed by atoms with E-state index in [1.165, 1.54) is 54.9 Å². The zero-order valence-corrected chi connectivity index (χ0v) is 26.3. The molecule has 1 fully saturated rings. The largest absolute Gasteiger partial charge is 0.331 e. The van der Waals surface area contributed by atoms with Crippen molar-refractivity contribution in [3.8, 4) is 11.1 Å². The van der Waals surface area contributed by atoms with E-state index in [1.54, 1.807) is 0 Å². The minimum Gasteiger partial charge on any atom is -0.318 e. The van der Waals surface area contributed by atoms with Crippen molar-refractivity contribution in [1.82, 2.24) is 0 Å². The average Bonchev–Trinajstić information content (AvgIpc) is 3.65. The Bertz CT molecular complexity index is 1710. The summed E-state index contributed by atoms with van der Waals surface area (Å²) in [5, 5.41) is 6.45. The van der Waals surface area contributed by atoms with Crippen LogP contribution in [0.4, 0.5) is 0 Å². The summed E-state index contributed by atoms with van der Waals surface area (Å²) in [5.74, 6) is 0.380. The normalized spacial score (nSPS) is 15.8. The maximum atomic E-state index is 14.1. The SMILES string of the molecule is CCCC1(CCC)c2cc(C(=O)c3cccc4ccccc34)ccc2-c2ccc(/C(CCC3CCCC3)=N\OC(C)=O)cc21. The number of fused-ring (bicyclic) bond motifs is 4. The molecule has 4 nitrogen and oxygen atoms in total. The summed E-state index contributed by atoms with van der Waals surface area (Å²) in [4.78, 5) is 31.0. The molecule has 226 valence electrons. The zero-order chi connectivity index (χ0) is 30.7. The van der Waals surface area contributed by atoms with Gasteiger partial charge in [0, 0.05) is 23.5 Å². The van der Waals surface area contributed by atoms with Gasteiger partial charge in [0.15, 0.2) is 5.78 Å². The fourth-order valence-corrected chi connectivity index (χ4v) is 7.91. The molecule has 0 radical (unpaired) electrons. The molecule has 0 saturated heterocycles. The van der Waals surface area contributed by atoms with E-state index in [9.17, 15) is 9.59 Å². The van der Waals surface area contributed by atoms with E-state index >= 15 is 0 Å². The third kappa shape index (κ3) is 5.63. The predicted molar refractivity (Wildman–Crippen MR) is 179 cm³/mol. The van der Waals surface area contributed by atoms with Crippen LogP contribution in [0.15, 0.2) is 84.0 Å². The Morgan fingerprint density at radius 2 is 1.45 bits per heavy atom. The van der Waals surface area contributed by atoms with E-state index in [1.807, 2.05) is 36.4 Å². The number of rotatable bonds is 11. The summed E-state index contributed by atoms with van der Waals surface area (Å²) in [6.07, 6.45) is 11.1. The number of carbonyl (C=O) groups excluding carboxylic acids is 2. The van der Waals surface area contributed by atoms with Crippen molar-refractivity contribution >= 4 is 28.2 Å². The van der Waals surface area contributed by atoms with Crippen LogP contribution in [0.3, 0.4) is 0 Å². The molecule has 0 aliphatic heterocycles. The van der Waals surface area contributed by atoms with Crippen molar-refractivity contribution in [2.24, 2.45) is 11.1 Å². The first-order valence-electron chi connectivity index (χ1n) is 16.5. The van der Waals surface area contributed by atoms with Crippen molar-refractivity contribution in [1.29, 1.82) is 0 Å². The van der Waals surface area contributed by atoms with Gasteiger partial charge in [-0.1, -0.05) is 124 Å². The van der Waals surface area contributed by atoms with Crippen LogP contribution in [0.2, 0.25) is 0 Å². The first-order valence-corrected chi connectivity index (χ1v) is 16.5. The van der Waals surface area contributed by atoms with Crippen LogP contribution in [0, 0.1) is 5.92 Å². The predicted octanol–water partition coefficient (Wildman–Crippen LogP) is 10.2. The number of ketones is 1. The highest BCUT2D eigenvalue weighted by Gasteiger charge is 2.42. The van der Waals surface area contributed by atoms with Crippen LogP contribution in [0.1, 0.15) is 118 Å². The number of benzene rings is 4. The third-order valence-corrected chi connectivity index (χ3v) is 9.89. The van der Waals surface area contributed by atoms with E-state index < -0.39 is 5.97 Å². The summed E-state index contributed by atoms with van der Waals surface area (Å²) < 4.78 is 0. The van der Waals surface area contributed by atoms with Crippen LogP contribution >= 0.6 is 0 Å². The molecule has 0 bridgehead atoms. The van der Waals surface area contributed by atoms with Crippen molar-refractivity contribution in [2.45, 2.75) is 90.4 Å². The molecule has 1 saturated carbocycles. The molecule has 0 amide bonds. The van der Waals surface area contributed by atoms with E-state index in [2.05, 4.69) is 61.5 Å². The molecule has 0 N–H and O–H groups in total. The van der Waals surface area contributed by atoms with Gasteiger partial charge >= 0.3 is 5.97 Å². The van der Waals surface area contributed by atoms with Crippen molar-refractivity contribution in [3.63, 3.8) is 0 Å². The molecule has 4 aromatic rings. The molecule has 2 aliphatic rings. The zero-order valence-electron chi connectivity index (χ0n) is 26.3.